The molecule has 0 saturated heterocycles. The van der Waals surface area contributed by atoms with Gasteiger partial charge in [-0.1, -0.05) is 41.7 Å². The number of benzene rings is 4. The number of nitrogens with zero attached hydrogens (tertiary/aromatic N) is 3. The minimum atomic E-state index is -0.400. The average molecular weight is 494 g/mol. The summed E-state index contributed by atoms with van der Waals surface area (Å²) < 4.78 is 28.2. The molecular formula is C29H17F2N3OS. The van der Waals surface area contributed by atoms with Crippen LogP contribution in [-0.2, 0) is 0 Å². The standard InChI is InChI=1S/C29H17F2N3OS/c30-19-11-9-18(10-12-19)26-17-23(22-5-1-2-6-24(22)32-26)28(35)34(21-15-13-20(31)14-16-21)29-33-25-7-3-4-8-27(25)36-29/h1-17H. The molecule has 0 aliphatic carbocycles. The van der Waals surface area contributed by atoms with Crippen molar-refractivity contribution in [2.24, 2.45) is 0 Å². The molecule has 1 amide bonds. The van der Waals surface area contributed by atoms with Crippen LogP contribution >= 0.6 is 11.3 Å². The monoisotopic (exact) mass is 493 g/mol. The minimum Gasteiger partial charge on any atom is -0.268 e. The van der Waals surface area contributed by atoms with Gasteiger partial charge in [-0.2, -0.15) is 0 Å². The molecule has 0 spiro atoms. The highest BCUT2D eigenvalue weighted by atomic mass is 32.1. The number of rotatable bonds is 4. The van der Waals surface area contributed by atoms with E-state index in [1.807, 2.05) is 48.5 Å². The number of para-hydroxylation sites is 2. The van der Waals surface area contributed by atoms with Gasteiger partial charge in [0.15, 0.2) is 5.13 Å². The van der Waals surface area contributed by atoms with E-state index in [1.165, 1.54) is 40.5 Å². The Kier molecular flexibility index (Phi) is 5.47. The maximum absolute atomic E-state index is 14.3. The lowest BCUT2D eigenvalue weighted by atomic mass is 10.0. The number of carbonyl (C=O) groups excluding carboxylic acids is 1. The van der Waals surface area contributed by atoms with Crippen LogP contribution in [-0.4, -0.2) is 15.9 Å². The lowest BCUT2D eigenvalue weighted by molar-refractivity contribution is 0.100. The van der Waals surface area contributed by atoms with Crippen LogP contribution in [0.25, 0.3) is 32.4 Å². The van der Waals surface area contributed by atoms with E-state index in [-0.39, 0.29) is 11.7 Å². The van der Waals surface area contributed by atoms with Crippen molar-refractivity contribution in [1.82, 2.24) is 9.97 Å². The van der Waals surface area contributed by atoms with Crippen molar-refractivity contribution in [2.75, 3.05) is 4.90 Å². The molecule has 2 heterocycles. The van der Waals surface area contributed by atoms with Crippen LogP contribution in [0.2, 0.25) is 0 Å². The van der Waals surface area contributed by atoms with E-state index < -0.39 is 5.82 Å². The van der Waals surface area contributed by atoms with Gasteiger partial charge in [0.25, 0.3) is 5.91 Å². The highest BCUT2D eigenvalue weighted by Crippen LogP contribution is 2.36. The van der Waals surface area contributed by atoms with Crippen LogP contribution in [0.15, 0.2) is 103 Å². The molecule has 4 nitrogen and oxygen atoms in total. The van der Waals surface area contributed by atoms with Crippen LogP contribution in [0.5, 0.6) is 0 Å². The van der Waals surface area contributed by atoms with Gasteiger partial charge in [-0.3, -0.25) is 9.69 Å². The lowest BCUT2D eigenvalue weighted by Gasteiger charge is -2.21. The molecule has 0 fully saturated rings. The third-order valence-corrected chi connectivity index (χ3v) is 6.87. The van der Waals surface area contributed by atoms with E-state index in [9.17, 15) is 13.6 Å². The summed E-state index contributed by atoms with van der Waals surface area (Å²) in [7, 11) is 0. The zero-order chi connectivity index (χ0) is 24.6. The predicted octanol–water partition coefficient (Wildman–Crippen LogP) is 7.77. The van der Waals surface area contributed by atoms with E-state index in [1.54, 1.807) is 30.3 Å². The fourth-order valence-electron chi connectivity index (χ4n) is 4.10. The summed E-state index contributed by atoms with van der Waals surface area (Å²) in [5, 5.41) is 1.14. The molecule has 2 aromatic heterocycles. The summed E-state index contributed by atoms with van der Waals surface area (Å²) in [4.78, 5) is 25.2. The molecule has 0 aliphatic heterocycles. The third-order valence-electron chi connectivity index (χ3n) is 5.85. The van der Waals surface area contributed by atoms with Crippen molar-refractivity contribution in [3.8, 4) is 11.3 Å². The Bertz CT molecular complexity index is 1700. The maximum Gasteiger partial charge on any atom is 0.265 e. The normalized spacial score (nSPS) is 11.2. The first-order chi connectivity index (χ1) is 17.6. The second-order valence-electron chi connectivity index (χ2n) is 8.16. The average Bonchev–Trinajstić information content (AvgIpc) is 3.33. The Morgan fingerprint density at radius 2 is 1.36 bits per heavy atom. The first-order valence-electron chi connectivity index (χ1n) is 11.2. The van der Waals surface area contributed by atoms with E-state index in [0.29, 0.717) is 38.5 Å². The maximum atomic E-state index is 14.3. The highest BCUT2D eigenvalue weighted by Gasteiger charge is 2.26. The molecule has 0 atom stereocenters. The number of halogens is 2. The first kappa shape index (κ1) is 22.0. The van der Waals surface area contributed by atoms with Crippen LogP contribution in [0, 0.1) is 11.6 Å². The van der Waals surface area contributed by atoms with Gasteiger partial charge in [-0.05, 0) is 72.8 Å². The number of amides is 1. The zero-order valence-corrected chi connectivity index (χ0v) is 19.5. The number of thiazole rings is 1. The molecule has 7 heteroatoms. The highest BCUT2D eigenvalue weighted by molar-refractivity contribution is 7.22. The molecule has 174 valence electrons. The van der Waals surface area contributed by atoms with Gasteiger partial charge < -0.3 is 0 Å². The zero-order valence-electron chi connectivity index (χ0n) is 18.7. The summed E-state index contributed by atoms with van der Waals surface area (Å²) in [6.45, 7) is 0. The molecule has 0 N–H and O–H groups in total. The Labute approximate surface area is 209 Å². The van der Waals surface area contributed by atoms with Gasteiger partial charge in [0.2, 0.25) is 0 Å². The quantitative estimate of drug-likeness (QED) is 0.252. The number of hydrogen-bond acceptors (Lipinski definition) is 4. The van der Waals surface area contributed by atoms with Gasteiger partial charge in [0.1, 0.15) is 11.6 Å². The fraction of sp³-hybridized carbons (Fsp3) is 0. The number of pyridine rings is 1. The van der Waals surface area contributed by atoms with Crippen LogP contribution < -0.4 is 4.90 Å². The van der Waals surface area contributed by atoms with Crippen molar-refractivity contribution in [1.29, 1.82) is 0 Å². The number of anilines is 2. The SMILES string of the molecule is O=C(c1cc(-c2ccc(F)cc2)nc2ccccc12)N(c1ccc(F)cc1)c1nc2ccccc2s1. The minimum absolute atomic E-state index is 0.331. The molecule has 0 aliphatic rings. The largest absolute Gasteiger partial charge is 0.268 e. The fourth-order valence-corrected chi connectivity index (χ4v) is 5.09. The molecule has 0 radical (unpaired) electrons. The molecule has 0 unspecified atom stereocenters. The molecule has 4 aromatic carbocycles. The molecule has 36 heavy (non-hydrogen) atoms. The summed E-state index contributed by atoms with van der Waals surface area (Å²) in [6, 6.07) is 28.4. The van der Waals surface area contributed by atoms with Crippen molar-refractivity contribution in [3.63, 3.8) is 0 Å². The Morgan fingerprint density at radius 1 is 0.722 bits per heavy atom. The smallest absolute Gasteiger partial charge is 0.265 e. The third kappa shape index (κ3) is 3.99. The second kappa shape index (κ2) is 8.94. The van der Waals surface area contributed by atoms with Gasteiger partial charge in [0.05, 0.1) is 32.7 Å². The Hall–Kier alpha value is -4.49. The molecular weight excluding hydrogens is 476 g/mol. The lowest BCUT2D eigenvalue weighted by Crippen LogP contribution is -2.26. The van der Waals surface area contributed by atoms with Crippen LogP contribution in [0.1, 0.15) is 10.4 Å². The van der Waals surface area contributed by atoms with E-state index in [4.69, 9.17) is 9.97 Å². The van der Waals surface area contributed by atoms with E-state index in [0.717, 1.165) is 10.2 Å². The molecule has 6 aromatic rings. The first-order valence-corrected chi connectivity index (χ1v) is 12.0. The summed E-state index contributed by atoms with van der Waals surface area (Å²) in [6.07, 6.45) is 0. The van der Waals surface area contributed by atoms with Crippen molar-refractivity contribution in [2.45, 2.75) is 0 Å². The number of aromatic nitrogens is 2. The van der Waals surface area contributed by atoms with Crippen molar-refractivity contribution < 1.29 is 13.6 Å². The van der Waals surface area contributed by atoms with Crippen LogP contribution in [0.3, 0.4) is 0 Å². The molecule has 6 rings (SSSR count). The Morgan fingerprint density at radius 3 is 2.08 bits per heavy atom. The Balaban J connectivity index is 1.56. The van der Waals surface area contributed by atoms with Crippen molar-refractivity contribution in [3.05, 3.63) is 120 Å². The predicted molar refractivity (Wildman–Crippen MR) is 140 cm³/mol. The summed E-state index contributed by atoms with van der Waals surface area (Å²) in [5.74, 6) is -1.08. The molecule has 0 saturated carbocycles. The number of hydrogen-bond donors (Lipinski definition) is 0. The summed E-state index contributed by atoms with van der Waals surface area (Å²) in [5.41, 5.74) is 3.52. The molecule has 0 bridgehead atoms. The van der Waals surface area contributed by atoms with Crippen molar-refractivity contribution >= 4 is 49.2 Å². The van der Waals surface area contributed by atoms with Gasteiger partial charge in [-0.15, -0.1) is 0 Å². The second-order valence-corrected chi connectivity index (χ2v) is 9.17. The van der Waals surface area contributed by atoms with Gasteiger partial charge in [-0.25, -0.2) is 18.7 Å². The van der Waals surface area contributed by atoms with Crippen LogP contribution in [0.4, 0.5) is 19.6 Å². The van der Waals surface area contributed by atoms with Gasteiger partial charge >= 0.3 is 0 Å². The van der Waals surface area contributed by atoms with Gasteiger partial charge in [0, 0.05) is 10.9 Å². The number of carbonyl (C=O) groups is 1. The number of fused-ring (bicyclic) bond motifs is 2. The summed E-state index contributed by atoms with van der Waals surface area (Å²) >= 11 is 1.38. The topological polar surface area (TPSA) is 46.1 Å². The van der Waals surface area contributed by atoms with E-state index in [2.05, 4.69) is 0 Å². The van der Waals surface area contributed by atoms with E-state index >= 15 is 0 Å².